The number of fused-ring (bicyclic) bond motifs is 13. The summed E-state index contributed by atoms with van der Waals surface area (Å²) in [6, 6.07) is 79.7. The Bertz CT molecular complexity index is 3060. The molecular formula is C57H41NSi. The van der Waals surface area contributed by atoms with E-state index in [0.29, 0.717) is 0 Å². The lowest BCUT2D eigenvalue weighted by molar-refractivity contribution is 0.660. The molecular weight excluding hydrogens is 727 g/mol. The minimum absolute atomic E-state index is 0.0944. The molecule has 0 atom stereocenters. The summed E-state index contributed by atoms with van der Waals surface area (Å²) < 4.78 is 0. The van der Waals surface area contributed by atoms with Crippen molar-refractivity contribution in [3.8, 4) is 55.6 Å². The molecule has 0 saturated carbocycles. The van der Waals surface area contributed by atoms with Gasteiger partial charge in [0.1, 0.15) is 0 Å². The molecule has 59 heavy (non-hydrogen) atoms. The van der Waals surface area contributed by atoms with Crippen molar-refractivity contribution in [3.63, 3.8) is 0 Å². The Hall–Kier alpha value is -7.00. The van der Waals surface area contributed by atoms with Gasteiger partial charge in [-0.3, -0.25) is 0 Å². The summed E-state index contributed by atoms with van der Waals surface area (Å²) >= 11 is 0. The second-order valence-corrected chi connectivity index (χ2v) is 20.5. The minimum Gasteiger partial charge on any atom is -0.310 e. The van der Waals surface area contributed by atoms with Crippen LogP contribution in [0.1, 0.15) is 25.0 Å². The number of anilines is 3. The monoisotopic (exact) mass is 767 g/mol. The van der Waals surface area contributed by atoms with E-state index < -0.39 is 8.07 Å². The lowest BCUT2D eigenvalue weighted by atomic mass is 9.82. The highest BCUT2D eigenvalue weighted by Crippen LogP contribution is 2.51. The molecule has 2 heteroatoms. The van der Waals surface area contributed by atoms with Crippen molar-refractivity contribution in [2.75, 3.05) is 4.90 Å². The molecule has 9 aromatic carbocycles. The van der Waals surface area contributed by atoms with Crippen LogP contribution in [-0.4, -0.2) is 8.07 Å². The average Bonchev–Trinajstić information content (AvgIpc) is 3.85. The molecule has 0 amide bonds. The average molecular weight is 768 g/mol. The van der Waals surface area contributed by atoms with Crippen LogP contribution >= 0.6 is 0 Å². The Morgan fingerprint density at radius 1 is 0.305 bits per heavy atom. The predicted octanol–water partition coefficient (Wildman–Crippen LogP) is 12.1. The molecule has 1 aliphatic carbocycles. The van der Waals surface area contributed by atoms with Crippen LogP contribution in [0.25, 0.3) is 55.6 Å². The Balaban J connectivity index is 0.981. The first-order valence-corrected chi connectivity index (χ1v) is 22.8. The Morgan fingerprint density at radius 3 is 1.31 bits per heavy atom. The van der Waals surface area contributed by atoms with Crippen LogP contribution in [-0.2, 0) is 5.41 Å². The zero-order valence-electron chi connectivity index (χ0n) is 33.2. The van der Waals surface area contributed by atoms with E-state index in [9.17, 15) is 0 Å². The Labute approximate surface area is 347 Å². The molecule has 0 bridgehead atoms. The molecule has 2 heterocycles. The summed E-state index contributed by atoms with van der Waals surface area (Å²) in [6.45, 7) is 4.72. The smallest absolute Gasteiger partial charge is 0.182 e. The van der Waals surface area contributed by atoms with Crippen molar-refractivity contribution >= 4 is 45.9 Å². The molecule has 0 N–H and O–H groups in total. The molecule has 0 fully saturated rings. The normalized spacial score (nSPS) is 14.2. The highest BCUT2D eigenvalue weighted by Gasteiger charge is 2.53. The maximum Gasteiger partial charge on any atom is 0.182 e. The van der Waals surface area contributed by atoms with Crippen LogP contribution in [0.2, 0.25) is 0 Å². The number of hydrogen-bond acceptors (Lipinski definition) is 1. The van der Waals surface area contributed by atoms with Gasteiger partial charge in [-0.1, -0.05) is 190 Å². The van der Waals surface area contributed by atoms with Crippen LogP contribution in [0.15, 0.2) is 212 Å². The Kier molecular flexibility index (Phi) is 7.36. The van der Waals surface area contributed by atoms with E-state index in [1.165, 1.54) is 87.5 Å². The molecule has 0 saturated heterocycles. The fourth-order valence-electron chi connectivity index (χ4n) is 10.8. The van der Waals surface area contributed by atoms with Gasteiger partial charge in [-0.05, 0) is 124 Å². The molecule has 0 radical (unpaired) electrons. The summed E-state index contributed by atoms with van der Waals surface area (Å²) in [5.41, 5.74) is 19.2. The van der Waals surface area contributed by atoms with Gasteiger partial charge in [0.05, 0.1) is 0 Å². The highest BCUT2D eigenvalue weighted by molar-refractivity contribution is 7.24. The summed E-state index contributed by atoms with van der Waals surface area (Å²) in [7, 11) is -2.51. The van der Waals surface area contributed by atoms with Gasteiger partial charge in [-0.15, -0.1) is 0 Å². The first-order chi connectivity index (χ1) is 29.0. The third-order valence-electron chi connectivity index (χ3n) is 13.5. The summed E-state index contributed by atoms with van der Waals surface area (Å²) in [5, 5.41) is 6.03. The van der Waals surface area contributed by atoms with E-state index in [-0.39, 0.29) is 5.41 Å². The predicted molar refractivity (Wildman–Crippen MR) is 251 cm³/mol. The second-order valence-electron chi connectivity index (χ2n) is 16.8. The van der Waals surface area contributed by atoms with E-state index in [0.717, 1.165) is 17.1 Å². The van der Waals surface area contributed by atoms with Gasteiger partial charge in [-0.2, -0.15) is 0 Å². The summed E-state index contributed by atoms with van der Waals surface area (Å²) in [6.07, 6.45) is 0. The fraction of sp³-hybridized carbons (Fsp3) is 0.0526. The number of nitrogens with zero attached hydrogens (tertiary/aromatic N) is 1. The number of benzene rings is 9. The Morgan fingerprint density at radius 2 is 0.712 bits per heavy atom. The SMILES string of the molecule is CC1(C)c2ccccc2-c2ccc(N(c3ccc(-c4ccccc4)cc3)c3ccc(-c4ccc5c(c4)[Si]4(c6ccccc6-c6ccccc64)c4ccccc4-5)cc3)cc21. The molecule has 278 valence electrons. The first kappa shape index (κ1) is 34.1. The van der Waals surface area contributed by atoms with E-state index in [2.05, 4.69) is 231 Å². The topological polar surface area (TPSA) is 3.24 Å². The van der Waals surface area contributed by atoms with Gasteiger partial charge < -0.3 is 4.90 Å². The third kappa shape index (κ3) is 4.84. The lowest BCUT2D eigenvalue weighted by Crippen LogP contribution is -2.70. The van der Waals surface area contributed by atoms with Gasteiger partial charge in [0.15, 0.2) is 8.07 Å². The van der Waals surface area contributed by atoms with Gasteiger partial charge in [0, 0.05) is 22.5 Å². The summed E-state index contributed by atoms with van der Waals surface area (Å²) in [4.78, 5) is 2.42. The number of hydrogen-bond donors (Lipinski definition) is 0. The molecule has 12 rings (SSSR count). The van der Waals surface area contributed by atoms with Crippen molar-refractivity contribution in [1.29, 1.82) is 0 Å². The molecule has 9 aromatic rings. The molecule has 2 aliphatic heterocycles. The van der Waals surface area contributed by atoms with Crippen LogP contribution in [0.3, 0.4) is 0 Å². The number of rotatable bonds is 5. The maximum atomic E-state index is 2.54. The quantitative estimate of drug-likeness (QED) is 0.158. The van der Waals surface area contributed by atoms with E-state index >= 15 is 0 Å². The third-order valence-corrected chi connectivity index (χ3v) is 18.5. The van der Waals surface area contributed by atoms with E-state index in [1.807, 2.05) is 0 Å². The second kappa shape index (κ2) is 12.7. The molecule has 0 unspecified atom stereocenters. The van der Waals surface area contributed by atoms with E-state index in [1.54, 1.807) is 0 Å². The van der Waals surface area contributed by atoms with Gasteiger partial charge in [0.25, 0.3) is 0 Å². The zero-order valence-corrected chi connectivity index (χ0v) is 34.2. The fourth-order valence-corrected chi connectivity index (χ4v) is 16.4. The van der Waals surface area contributed by atoms with Crippen molar-refractivity contribution in [3.05, 3.63) is 223 Å². The zero-order chi connectivity index (χ0) is 39.3. The molecule has 3 aliphatic rings. The highest BCUT2D eigenvalue weighted by atomic mass is 28.3. The molecule has 1 nitrogen and oxygen atoms in total. The first-order valence-electron chi connectivity index (χ1n) is 20.8. The standard InChI is InChI=1S/C57H41NSi/c1-57(2)51-20-10-6-16-45(51)46-35-33-44(37-52(46)57)58(42-29-24-39(25-30-42)38-14-4-3-5-15-38)43-31-26-40(27-32-43)41-28-34-50-49-19-9-13-23-55(49)59(56(50)36-41)53-21-11-7-17-47(53)48-18-8-12-22-54(48)59/h3-37H,1-2H3. The van der Waals surface area contributed by atoms with Crippen LogP contribution in [0.5, 0.6) is 0 Å². The van der Waals surface area contributed by atoms with Gasteiger partial charge in [0.2, 0.25) is 0 Å². The van der Waals surface area contributed by atoms with Crippen LogP contribution < -0.4 is 25.6 Å². The van der Waals surface area contributed by atoms with Crippen molar-refractivity contribution in [2.45, 2.75) is 19.3 Å². The van der Waals surface area contributed by atoms with Crippen molar-refractivity contribution < 1.29 is 0 Å². The van der Waals surface area contributed by atoms with Crippen molar-refractivity contribution in [2.24, 2.45) is 0 Å². The van der Waals surface area contributed by atoms with Crippen LogP contribution in [0.4, 0.5) is 17.1 Å². The van der Waals surface area contributed by atoms with Crippen molar-refractivity contribution in [1.82, 2.24) is 0 Å². The van der Waals surface area contributed by atoms with E-state index in [4.69, 9.17) is 0 Å². The minimum atomic E-state index is -2.51. The largest absolute Gasteiger partial charge is 0.310 e. The van der Waals surface area contributed by atoms with Crippen LogP contribution in [0, 0.1) is 0 Å². The summed E-state index contributed by atoms with van der Waals surface area (Å²) in [5.74, 6) is 0. The molecule has 0 aromatic heterocycles. The lowest BCUT2D eigenvalue weighted by Gasteiger charge is -2.29. The maximum absolute atomic E-state index is 2.54. The van der Waals surface area contributed by atoms with Gasteiger partial charge in [-0.25, -0.2) is 0 Å². The molecule has 1 spiro atoms. The van der Waals surface area contributed by atoms with Gasteiger partial charge >= 0.3 is 0 Å².